The Labute approximate surface area is 68.4 Å². The van der Waals surface area contributed by atoms with Crippen molar-refractivity contribution in [2.75, 3.05) is 0 Å². The average Bonchev–Trinajstić information content (AvgIpc) is 1.93. The minimum absolute atomic E-state index is 0.528. The summed E-state index contributed by atoms with van der Waals surface area (Å²) >= 11 is 0. The number of rotatable bonds is 2. The molecule has 1 fully saturated rings. The first-order valence-corrected chi connectivity index (χ1v) is 4.58. The zero-order valence-corrected chi connectivity index (χ0v) is 7.44. The molecule has 0 aromatic carbocycles. The van der Waals surface area contributed by atoms with Gasteiger partial charge in [-0.05, 0) is 25.7 Å². The molecule has 1 N–H and O–H groups in total. The van der Waals surface area contributed by atoms with Crippen LogP contribution in [0.1, 0.15) is 39.5 Å². The molecule has 0 aromatic rings. The van der Waals surface area contributed by atoms with Gasteiger partial charge in [0.2, 0.25) is 0 Å². The summed E-state index contributed by atoms with van der Waals surface area (Å²) in [5, 5.41) is 3.44. The van der Waals surface area contributed by atoms with E-state index in [1.165, 1.54) is 0 Å². The van der Waals surface area contributed by atoms with Crippen LogP contribution < -0.4 is 5.32 Å². The standard InChI is InChI=1S/C9H18FN/c1-7(2)11-9-5-3-8(10)4-6-9/h7-9,11H,3-6H2,1-2H3. The summed E-state index contributed by atoms with van der Waals surface area (Å²) in [5.74, 6) is 0. The molecule has 0 heterocycles. The third kappa shape index (κ3) is 3.19. The number of hydrogen-bond donors (Lipinski definition) is 1. The second-order valence-corrected chi connectivity index (χ2v) is 3.77. The lowest BCUT2D eigenvalue weighted by Gasteiger charge is -2.26. The molecule has 0 aliphatic heterocycles. The number of hydrogen-bond acceptors (Lipinski definition) is 1. The van der Waals surface area contributed by atoms with Gasteiger partial charge >= 0.3 is 0 Å². The molecule has 66 valence electrons. The van der Waals surface area contributed by atoms with Gasteiger partial charge in [0.25, 0.3) is 0 Å². The first kappa shape index (κ1) is 8.98. The Bertz CT molecular complexity index is 106. The summed E-state index contributed by atoms with van der Waals surface area (Å²) in [5.41, 5.74) is 0. The van der Waals surface area contributed by atoms with Crippen molar-refractivity contribution in [1.82, 2.24) is 5.32 Å². The van der Waals surface area contributed by atoms with E-state index < -0.39 is 6.17 Å². The van der Waals surface area contributed by atoms with Crippen molar-refractivity contribution in [3.8, 4) is 0 Å². The lowest BCUT2D eigenvalue weighted by molar-refractivity contribution is 0.215. The van der Waals surface area contributed by atoms with Crippen molar-refractivity contribution in [2.24, 2.45) is 0 Å². The highest BCUT2D eigenvalue weighted by atomic mass is 19.1. The van der Waals surface area contributed by atoms with E-state index in [4.69, 9.17) is 0 Å². The fourth-order valence-corrected chi connectivity index (χ4v) is 1.69. The van der Waals surface area contributed by atoms with Crippen molar-refractivity contribution < 1.29 is 4.39 Å². The third-order valence-electron chi connectivity index (χ3n) is 2.23. The first-order valence-electron chi connectivity index (χ1n) is 4.58. The first-order chi connectivity index (χ1) is 5.18. The number of alkyl halides is 1. The molecule has 0 atom stereocenters. The zero-order valence-electron chi connectivity index (χ0n) is 7.44. The topological polar surface area (TPSA) is 12.0 Å². The van der Waals surface area contributed by atoms with Gasteiger partial charge in [0.05, 0.1) is 0 Å². The zero-order chi connectivity index (χ0) is 8.27. The largest absolute Gasteiger partial charge is 0.312 e. The SMILES string of the molecule is CC(C)NC1CCC(F)CC1. The van der Waals surface area contributed by atoms with E-state index in [9.17, 15) is 4.39 Å². The molecular formula is C9H18FN. The fraction of sp³-hybridized carbons (Fsp3) is 1.00. The van der Waals surface area contributed by atoms with Crippen molar-refractivity contribution in [1.29, 1.82) is 0 Å². The monoisotopic (exact) mass is 159 g/mol. The molecule has 0 spiro atoms. The third-order valence-corrected chi connectivity index (χ3v) is 2.23. The second kappa shape index (κ2) is 4.05. The Kier molecular flexibility index (Phi) is 3.31. The van der Waals surface area contributed by atoms with Crippen LogP contribution in [0.25, 0.3) is 0 Å². The van der Waals surface area contributed by atoms with Crippen LogP contribution >= 0.6 is 0 Å². The molecule has 1 nitrogen and oxygen atoms in total. The maximum atomic E-state index is 12.7. The predicted molar refractivity (Wildman–Crippen MR) is 45.4 cm³/mol. The molecule has 0 aromatic heterocycles. The Hall–Kier alpha value is -0.110. The predicted octanol–water partition coefficient (Wildman–Crippen LogP) is 2.27. The summed E-state index contributed by atoms with van der Waals surface area (Å²) in [6.07, 6.45) is 3.01. The molecule has 0 saturated heterocycles. The molecule has 0 amide bonds. The Morgan fingerprint density at radius 1 is 1.18 bits per heavy atom. The summed E-state index contributed by atoms with van der Waals surface area (Å²) in [6, 6.07) is 1.11. The van der Waals surface area contributed by atoms with Crippen molar-refractivity contribution in [2.45, 2.75) is 57.8 Å². The van der Waals surface area contributed by atoms with E-state index >= 15 is 0 Å². The second-order valence-electron chi connectivity index (χ2n) is 3.77. The minimum Gasteiger partial charge on any atom is -0.312 e. The van der Waals surface area contributed by atoms with E-state index in [0.717, 1.165) is 25.7 Å². The van der Waals surface area contributed by atoms with Gasteiger partial charge in [-0.15, -0.1) is 0 Å². The van der Waals surface area contributed by atoms with Crippen LogP contribution in [-0.4, -0.2) is 18.3 Å². The van der Waals surface area contributed by atoms with Crippen molar-refractivity contribution in [3.63, 3.8) is 0 Å². The molecule has 1 aliphatic carbocycles. The molecular weight excluding hydrogens is 141 g/mol. The summed E-state index contributed by atoms with van der Waals surface area (Å²) in [4.78, 5) is 0. The van der Waals surface area contributed by atoms with Crippen LogP contribution in [0.4, 0.5) is 4.39 Å². The van der Waals surface area contributed by atoms with Gasteiger partial charge in [-0.3, -0.25) is 0 Å². The molecule has 0 radical (unpaired) electrons. The summed E-state index contributed by atoms with van der Waals surface area (Å²) in [7, 11) is 0. The highest BCUT2D eigenvalue weighted by Crippen LogP contribution is 2.21. The Balaban J connectivity index is 2.17. The van der Waals surface area contributed by atoms with Crippen molar-refractivity contribution in [3.05, 3.63) is 0 Å². The normalized spacial score (nSPS) is 32.7. The van der Waals surface area contributed by atoms with Gasteiger partial charge in [-0.25, -0.2) is 4.39 Å². The fourth-order valence-electron chi connectivity index (χ4n) is 1.69. The highest BCUT2D eigenvalue weighted by molar-refractivity contribution is 4.77. The van der Waals surface area contributed by atoms with Crippen LogP contribution in [0.15, 0.2) is 0 Å². The van der Waals surface area contributed by atoms with E-state index in [0.29, 0.717) is 12.1 Å². The van der Waals surface area contributed by atoms with Gasteiger partial charge in [0, 0.05) is 12.1 Å². The molecule has 1 rings (SSSR count). The van der Waals surface area contributed by atoms with Crippen molar-refractivity contribution >= 4 is 0 Å². The van der Waals surface area contributed by atoms with Gasteiger partial charge in [0.15, 0.2) is 0 Å². The van der Waals surface area contributed by atoms with Crippen LogP contribution in [0, 0.1) is 0 Å². The van der Waals surface area contributed by atoms with E-state index in [1.807, 2.05) is 0 Å². The summed E-state index contributed by atoms with van der Waals surface area (Å²) in [6.45, 7) is 4.28. The van der Waals surface area contributed by atoms with E-state index in [2.05, 4.69) is 19.2 Å². The molecule has 11 heavy (non-hydrogen) atoms. The van der Waals surface area contributed by atoms with Gasteiger partial charge in [-0.1, -0.05) is 13.8 Å². The maximum absolute atomic E-state index is 12.7. The van der Waals surface area contributed by atoms with Gasteiger partial charge < -0.3 is 5.32 Å². The quantitative estimate of drug-likeness (QED) is 0.651. The molecule has 1 aliphatic rings. The lowest BCUT2D eigenvalue weighted by Crippen LogP contribution is -2.37. The van der Waals surface area contributed by atoms with Crippen LogP contribution in [0.3, 0.4) is 0 Å². The Morgan fingerprint density at radius 2 is 1.73 bits per heavy atom. The van der Waals surface area contributed by atoms with Crippen LogP contribution in [0.2, 0.25) is 0 Å². The van der Waals surface area contributed by atoms with Crippen LogP contribution in [0.5, 0.6) is 0 Å². The van der Waals surface area contributed by atoms with E-state index in [1.54, 1.807) is 0 Å². The van der Waals surface area contributed by atoms with Crippen LogP contribution in [-0.2, 0) is 0 Å². The Morgan fingerprint density at radius 3 is 2.18 bits per heavy atom. The molecule has 0 bridgehead atoms. The van der Waals surface area contributed by atoms with Gasteiger partial charge in [-0.2, -0.15) is 0 Å². The van der Waals surface area contributed by atoms with E-state index in [-0.39, 0.29) is 0 Å². The number of nitrogens with one attached hydrogen (secondary N) is 1. The van der Waals surface area contributed by atoms with Gasteiger partial charge in [0.1, 0.15) is 6.17 Å². The average molecular weight is 159 g/mol. The minimum atomic E-state index is -0.528. The lowest BCUT2D eigenvalue weighted by atomic mass is 9.93. The smallest absolute Gasteiger partial charge is 0.100 e. The number of halogens is 1. The summed E-state index contributed by atoms with van der Waals surface area (Å²) < 4.78 is 12.7. The highest BCUT2D eigenvalue weighted by Gasteiger charge is 2.20. The molecule has 1 saturated carbocycles. The molecule has 0 unspecified atom stereocenters. The molecule has 2 heteroatoms. The maximum Gasteiger partial charge on any atom is 0.100 e.